The van der Waals surface area contributed by atoms with Crippen LogP contribution in [0.4, 0.5) is 0 Å². The Kier molecular flexibility index (Phi) is 3.50. The minimum absolute atomic E-state index is 0.00604. The van der Waals surface area contributed by atoms with Crippen molar-refractivity contribution < 1.29 is 19.5 Å². The van der Waals surface area contributed by atoms with Crippen LogP contribution in [0.15, 0.2) is 24.3 Å². The zero-order chi connectivity index (χ0) is 14.0. The Morgan fingerprint density at radius 1 is 1.26 bits per heavy atom. The Balaban J connectivity index is 2.00. The van der Waals surface area contributed by atoms with Crippen LogP contribution in [-0.2, 0) is 4.79 Å². The molecule has 0 radical (unpaired) electrons. The number of benzene rings is 1. The number of amides is 2. The largest absolute Gasteiger partial charge is 0.478 e. The van der Waals surface area contributed by atoms with E-state index in [9.17, 15) is 14.4 Å². The Morgan fingerprint density at radius 2 is 1.84 bits per heavy atom. The molecule has 100 valence electrons. The highest BCUT2D eigenvalue weighted by molar-refractivity contribution is 5.96. The first-order valence-electron chi connectivity index (χ1n) is 5.85. The molecular weight excluding hydrogens is 248 g/mol. The summed E-state index contributed by atoms with van der Waals surface area (Å²) in [6.45, 7) is 0.498. The summed E-state index contributed by atoms with van der Waals surface area (Å²) in [4.78, 5) is 35.5. The summed E-state index contributed by atoms with van der Waals surface area (Å²) >= 11 is 0. The molecule has 2 amide bonds. The van der Waals surface area contributed by atoms with E-state index in [1.807, 2.05) is 0 Å². The molecule has 0 unspecified atom stereocenters. The maximum absolute atomic E-state index is 11.9. The number of likely N-dealkylation sites (N-methyl/N-ethyl adjacent to an activating group) is 1. The number of carboxylic acid groups (broad SMARTS) is 1. The summed E-state index contributed by atoms with van der Waals surface area (Å²) in [6.07, 6.45) is 0.301. The van der Waals surface area contributed by atoms with Crippen molar-refractivity contribution in [2.24, 2.45) is 0 Å². The van der Waals surface area contributed by atoms with E-state index in [0.717, 1.165) is 0 Å². The van der Waals surface area contributed by atoms with Crippen LogP contribution in [0.1, 0.15) is 27.1 Å². The second kappa shape index (κ2) is 5.09. The molecule has 1 aromatic carbocycles. The van der Waals surface area contributed by atoms with Crippen molar-refractivity contribution in [3.8, 4) is 0 Å². The zero-order valence-corrected chi connectivity index (χ0v) is 10.4. The van der Waals surface area contributed by atoms with Crippen LogP contribution in [0.2, 0.25) is 0 Å². The number of rotatable bonds is 3. The van der Waals surface area contributed by atoms with Gasteiger partial charge in [-0.1, -0.05) is 0 Å². The molecule has 1 aliphatic heterocycles. The number of likely N-dealkylation sites (tertiary alicyclic amines) is 1. The number of hydrogen-bond donors (Lipinski definition) is 2. The van der Waals surface area contributed by atoms with Crippen molar-refractivity contribution in [3.05, 3.63) is 35.4 Å². The van der Waals surface area contributed by atoms with Gasteiger partial charge in [0.15, 0.2) is 0 Å². The number of hydrogen-bond acceptors (Lipinski definition) is 3. The highest BCUT2D eigenvalue weighted by atomic mass is 16.4. The number of carbonyl (C=O) groups is 3. The highest BCUT2D eigenvalue weighted by Gasteiger charge is 2.28. The summed E-state index contributed by atoms with van der Waals surface area (Å²) in [5.74, 6) is -1.33. The van der Waals surface area contributed by atoms with Gasteiger partial charge < -0.3 is 15.3 Å². The maximum Gasteiger partial charge on any atom is 0.335 e. The number of carboxylic acids is 1. The lowest BCUT2D eigenvalue weighted by molar-refractivity contribution is -0.126. The summed E-state index contributed by atoms with van der Waals surface area (Å²) in [5.41, 5.74) is 0.513. The van der Waals surface area contributed by atoms with Crippen molar-refractivity contribution in [3.63, 3.8) is 0 Å². The molecule has 1 saturated heterocycles. The molecular formula is C13H14N2O4. The van der Waals surface area contributed by atoms with E-state index in [1.54, 1.807) is 11.9 Å². The molecule has 1 heterocycles. The molecule has 1 atom stereocenters. The number of nitrogens with one attached hydrogen (secondary N) is 1. The average Bonchev–Trinajstić information content (AvgIpc) is 2.68. The number of nitrogens with zero attached hydrogens (tertiary/aromatic N) is 1. The van der Waals surface area contributed by atoms with Gasteiger partial charge in [0.25, 0.3) is 5.91 Å². The van der Waals surface area contributed by atoms with Crippen molar-refractivity contribution in [1.29, 1.82) is 0 Å². The van der Waals surface area contributed by atoms with Crippen molar-refractivity contribution in [2.45, 2.75) is 12.5 Å². The van der Waals surface area contributed by atoms with Gasteiger partial charge in [0.05, 0.1) is 11.6 Å². The fraction of sp³-hybridized carbons (Fsp3) is 0.308. The average molecular weight is 262 g/mol. The summed E-state index contributed by atoms with van der Waals surface area (Å²) in [5, 5.41) is 11.5. The van der Waals surface area contributed by atoms with Crippen molar-refractivity contribution >= 4 is 17.8 Å². The second-order valence-electron chi connectivity index (χ2n) is 4.53. The van der Waals surface area contributed by atoms with Gasteiger partial charge >= 0.3 is 5.97 Å². The van der Waals surface area contributed by atoms with Gasteiger partial charge in [-0.15, -0.1) is 0 Å². The van der Waals surface area contributed by atoms with Crippen molar-refractivity contribution in [2.75, 3.05) is 13.6 Å². The number of carbonyl (C=O) groups excluding carboxylic acids is 2. The lowest BCUT2D eigenvalue weighted by atomic mass is 10.1. The van der Waals surface area contributed by atoms with E-state index < -0.39 is 5.97 Å². The van der Waals surface area contributed by atoms with Crippen LogP contribution in [0, 0.1) is 0 Å². The fourth-order valence-electron chi connectivity index (χ4n) is 1.99. The molecule has 2 N–H and O–H groups in total. The van der Waals surface area contributed by atoms with Gasteiger partial charge in [-0.25, -0.2) is 4.79 Å². The Morgan fingerprint density at radius 3 is 2.32 bits per heavy atom. The Labute approximate surface area is 110 Å². The van der Waals surface area contributed by atoms with Crippen LogP contribution < -0.4 is 5.32 Å². The Bertz CT molecular complexity index is 524. The lowest BCUT2D eigenvalue weighted by Gasteiger charge is -2.12. The first kappa shape index (κ1) is 13.1. The first-order chi connectivity index (χ1) is 8.97. The van der Waals surface area contributed by atoms with Crippen LogP contribution in [0.25, 0.3) is 0 Å². The van der Waals surface area contributed by atoms with Crippen LogP contribution in [0.3, 0.4) is 0 Å². The molecule has 0 aliphatic carbocycles. The zero-order valence-electron chi connectivity index (χ0n) is 10.4. The third kappa shape index (κ3) is 2.90. The molecule has 1 aliphatic rings. The fourth-order valence-corrected chi connectivity index (χ4v) is 1.99. The maximum atomic E-state index is 11.9. The Hall–Kier alpha value is -2.37. The number of aromatic carboxylic acids is 1. The molecule has 1 fully saturated rings. The molecule has 19 heavy (non-hydrogen) atoms. The second-order valence-corrected chi connectivity index (χ2v) is 4.53. The van der Waals surface area contributed by atoms with E-state index in [4.69, 9.17) is 5.11 Å². The standard InChI is InChI=1S/C13H14N2O4/c1-15-7-10(6-11(15)16)14-12(17)8-2-4-9(5-3-8)13(18)19/h2-5,10H,6-7H2,1H3,(H,14,17)(H,18,19)/t10-/m0/s1. The normalized spacial score (nSPS) is 18.5. The van der Waals surface area contributed by atoms with E-state index in [1.165, 1.54) is 24.3 Å². The summed E-state index contributed by atoms with van der Waals surface area (Å²) in [7, 11) is 1.69. The smallest absolute Gasteiger partial charge is 0.335 e. The molecule has 0 saturated carbocycles. The first-order valence-corrected chi connectivity index (χ1v) is 5.85. The van der Waals surface area contributed by atoms with Crippen LogP contribution >= 0.6 is 0 Å². The highest BCUT2D eigenvalue weighted by Crippen LogP contribution is 2.10. The van der Waals surface area contributed by atoms with Gasteiger partial charge in [0.1, 0.15) is 0 Å². The molecule has 6 nitrogen and oxygen atoms in total. The predicted octanol–water partition coefficient (Wildman–Crippen LogP) is 0.345. The summed E-state index contributed by atoms with van der Waals surface area (Å²) < 4.78 is 0. The lowest BCUT2D eigenvalue weighted by Crippen LogP contribution is -2.36. The molecule has 0 spiro atoms. The molecule has 0 bridgehead atoms. The van der Waals surface area contributed by atoms with E-state index in [0.29, 0.717) is 18.5 Å². The van der Waals surface area contributed by atoms with Crippen LogP contribution in [0.5, 0.6) is 0 Å². The van der Waals surface area contributed by atoms with Gasteiger partial charge in [-0.05, 0) is 24.3 Å². The van der Waals surface area contributed by atoms with Gasteiger partial charge in [0.2, 0.25) is 5.91 Å². The van der Waals surface area contributed by atoms with Gasteiger partial charge in [0, 0.05) is 25.6 Å². The third-order valence-electron chi connectivity index (χ3n) is 3.07. The van der Waals surface area contributed by atoms with E-state index in [-0.39, 0.29) is 23.4 Å². The van der Waals surface area contributed by atoms with E-state index in [2.05, 4.69) is 5.32 Å². The minimum Gasteiger partial charge on any atom is -0.478 e. The van der Waals surface area contributed by atoms with E-state index >= 15 is 0 Å². The monoisotopic (exact) mass is 262 g/mol. The van der Waals surface area contributed by atoms with Gasteiger partial charge in [-0.2, -0.15) is 0 Å². The quantitative estimate of drug-likeness (QED) is 0.822. The molecule has 1 aromatic rings. The predicted molar refractivity (Wildman–Crippen MR) is 66.9 cm³/mol. The topological polar surface area (TPSA) is 86.7 Å². The van der Waals surface area contributed by atoms with Crippen LogP contribution in [-0.4, -0.2) is 47.4 Å². The SMILES string of the molecule is CN1C[C@@H](NC(=O)c2ccc(C(=O)O)cc2)CC1=O. The van der Waals surface area contributed by atoms with Gasteiger partial charge in [-0.3, -0.25) is 9.59 Å². The summed E-state index contributed by atoms with van der Waals surface area (Å²) in [6, 6.07) is 5.48. The molecule has 6 heteroatoms. The molecule has 0 aromatic heterocycles. The molecule has 2 rings (SSSR count). The van der Waals surface area contributed by atoms with Crippen molar-refractivity contribution in [1.82, 2.24) is 10.2 Å². The minimum atomic E-state index is -1.03. The third-order valence-corrected chi connectivity index (χ3v) is 3.07.